The van der Waals surface area contributed by atoms with E-state index in [0.717, 1.165) is 0 Å². The number of nitrogens with one attached hydrogen (secondary N) is 1. The molecule has 3 aromatic carbocycles. The highest BCUT2D eigenvalue weighted by atomic mass is 32.2. The molecule has 0 aliphatic rings. The summed E-state index contributed by atoms with van der Waals surface area (Å²) in [6, 6.07) is 21.8. The van der Waals surface area contributed by atoms with E-state index < -0.39 is 10.0 Å². The Bertz CT molecular complexity index is 2130. The average Bonchev–Trinajstić information content (AvgIpc) is 3.44. The number of hydrogen-bond acceptors (Lipinski definition) is 10. The number of nitrogens with two attached hydrogens (primary N) is 1. The fourth-order valence-electron chi connectivity index (χ4n) is 4.48. The minimum atomic E-state index is -4.08. The summed E-state index contributed by atoms with van der Waals surface area (Å²) in [5, 5.41) is 4.18. The first kappa shape index (κ1) is 26.7. The van der Waals surface area contributed by atoms with Crippen LogP contribution >= 0.6 is 0 Å². The zero-order chi connectivity index (χ0) is 29.4. The summed E-state index contributed by atoms with van der Waals surface area (Å²) in [5.41, 5.74) is 8.51. The first-order valence-electron chi connectivity index (χ1n) is 12.6. The largest absolute Gasteiger partial charge is 0.480 e. The number of nitrogen functional groups attached to an aromatic ring is 1. The molecule has 3 aromatic heterocycles. The molecule has 42 heavy (non-hydrogen) atoms. The fourth-order valence-corrected chi connectivity index (χ4v) is 5.57. The highest BCUT2D eigenvalue weighted by Crippen LogP contribution is 2.32. The topological polar surface area (TPSA) is 168 Å². The van der Waals surface area contributed by atoms with Crippen LogP contribution in [0.4, 0.5) is 11.6 Å². The number of ether oxygens (including phenoxy) is 1. The van der Waals surface area contributed by atoms with Crippen molar-refractivity contribution in [3.8, 4) is 34.1 Å². The first-order valence-corrected chi connectivity index (χ1v) is 14.1. The monoisotopic (exact) mass is 581 g/mol. The van der Waals surface area contributed by atoms with Gasteiger partial charge >= 0.3 is 0 Å². The van der Waals surface area contributed by atoms with Gasteiger partial charge < -0.3 is 15.0 Å². The van der Waals surface area contributed by atoms with Crippen LogP contribution in [0, 0.1) is 6.92 Å². The smallest absolute Gasteiger partial charge is 0.267 e. The summed E-state index contributed by atoms with van der Waals surface area (Å²) in [6.07, 6.45) is 1.53. The molecule has 0 radical (unpaired) electrons. The number of pyridine rings is 1. The van der Waals surface area contributed by atoms with Crippen LogP contribution in [-0.4, -0.2) is 40.2 Å². The minimum absolute atomic E-state index is 0.0225. The Morgan fingerprint density at radius 3 is 2.48 bits per heavy atom. The maximum Gasteiger partial charge on any atom is 0.267 e. The molecule has 0 aliphatic carbocycles. The third-order valence-electron chi connectivity index (χ3n) is 6.46. The van der Waals surface area contributed by atoms with Gasteiger partial charge in [-0.3, -0.25) is 9.52 Å². The third-order valence-corrected chi connectivity index (χ3v) is 7.82. The second-order valence-corrected chi connectivity index (χ2v) is 10.9. The predicted molar refractivity (Wildman–Crippen MR) is 157 cm³/mol. The Labute approximate surface area is 239 Å². The summed E-state index contributed by atoms with van der Waals surface area (Å²) in [6.45, 7) is 1.64. The highest BCUT2D eigenvalue weighted by molar-refractivity contribution is 7.92. The Balaban J connectivity index is 1.39. The molecule has 0 aliphatic heterocycles. The van der Waals surface area contributed by atoms with E-state index in [9.17, 15) is 13.2 Å². The summed E-state index contributed by atoms with van der Waals surface area (Å²) in [5.74, 6) is 0.752. The van der Waals surface area contributed by atoms with Crippen molar-refractivity contribution in [3.05, 3.63) is 101 Å². The van der Waals surface area contributed by atoms with Gasteiger partial charge in [0.2, 0.25) is 23.5 Å². The fraction of sp³-hybridized carbons (Fsp3) is 0.0690. The van der Waals surface area contributed by atoms with Gasteiger partial charge in [-0.2, -0.15) is 4.98 Å². The van der Waals surface area contributed by atoms with Crippen molar-refractivity contribution < 1.29 is 17.7 Å². The quantitative estimate of drug-likeness (QED) is 0.279. The van der Waals surface area contributed by atoms with E-state index in [1.165, 1.54) is 30.0 Å². The van der Waals surface area contributed by atoms with Gasteiger partial charge in [-0.05, 0) is 48.0 Å². The Kier molecular flexibility index (Phi) is 6.63. The molecule has 0 spiro atoms. The Hall–Kier alpha value is -5.56. The molecule has 0 saturated heterocycles. The van der Waals surface area contributed by atoms with Gasteiger partial charge in [0.25, 0.3) is 15.6 Å². The van der Waals surface area contributed by atoms with E-state index in [4.69, 9.17) is 15.0 Å². The number of nitrogens with zero attached hydrogens (tertiary/aromatic N) is 5. The lowest BCUT2D eigenvalue weighted by molar-refractivity contribution is 0.394. The molecule has 0 amide bonds. The summed E-state index contributed by atoms with van der Waals surface area (Å²) >= 11 is 0. The lowest BCUT2D eigenvalue weighted by Crippen LogP contribution is -2.23. The van der Waals surface area contributed by atoms with Crippen molar-refractivity contribution in [3.63, 3.8) is 0 Å². The third kappa shape index (κ3) is 4.92. The number of aryl methyl sites for hydroxylation is 1. The lowest BCUT2D eigenvalue weighted by atomic mass is 10.0. The number of fused-ring (bicyclic) bond motifs is 1. The van der Waals surface area contributed by atoms with Gasteiger partial charge in [-0.1, -0.05) is 41.6 Å². The molecular formula is C29H23N7O5S. The molecule has 12 nitrogen and oxygen atoms in total. The van der Waals surface area contributed by atoms with Crippen LogP contribution in [0.2, 0.25) is 0 Å². The summed E-state index contributed by atoms with van der Waals surface area (Å²) < 4.78 is 41.1. The van der Waals surface area contributed by atoms with Crippen LogP contribution in [0.15, 0.2) is 99.3 Å². The van der Waals surface area contributed by atoms with Crippen LogP contribution < -0.4 is 20.8 Å². The number of hydrogen-bond donors (Lipinski definition) is 2. The van der Waals surface area contributed by atoms with Crippen molar-refractivity contribution in [1.29, 1.82) is 0 Å². The molecule has 0 saturated carbocycles. The van der Waals surface area contributed by atoms with Gasteiger partial charge in [0, 0.05) is 24.2 Å². The van der Waals surface area contributed by atoms with E-state index in [0.29, 0.717) is 39.2 Å². The lowest BCUT2D eigenvalue weighted by Gasteiger charge is -2.14. The van der Waals surface area contributed by atoms with Gasteiger partial charge in [0.05, 0.1) is 28.6 Å². The molecule has 13 heteroatoms. The van der Waals surface area contributed by atoms with Crippen LogP contribution in [0.3, 0.4) is 0 Å². The highest BCUT2D eigenvalue weighted by Gasteiger charge is 2.20. The predicted octanol–water partition coefficient (Wildman–Crippen LogP) is 4.20. The second kappa shape index (κ2) is 10.4. The van der Waals surface area contributed by atoms with Crippen molar-refractivity contribution in [1.82, 2.24) is 24.7 Å². The molecule has 0 fully saturated rings. The van der Waals surface area contributed by atoms with Gasteiger partial charge in [-0.15, -0.1) is 0 Å². The number of aromatic nitrogens is 5. The van der Waals surface area contributed by atoms with E-state index >= 15 is 0 Å². The van der Waals surface area contributed by atoms with Crippen molar-refractivity contribution >= 4 is 32.6 Å². The van der Waals surface area contributed by atoms with Gasteiger partial charge in [0.1, 0.15) is 5.69 Å². The Morgan fingerprint density at radius 2 is 1.74 bits per heavy atom. The summed E-state index contributed by atoms with van der Waals surface area (Å²) in [7, 11) is -2.70. The SMILES string of the molecule is COc1ncc(-c2ccc3nc(N)n(-c4ccccc4)c(=O)c3c2)cc1NS(=O)(=O)c1cccc(-c2noc(C)n2)c1. The Morgan fingerprint density at radius 1 is 0.929 bits per heavy atom. The van der Waals surface area contributed by atoms with E-state index in [2.05, 4.69) is 24.8 Å². The van der Waals surface area contributed by atoms with Crippen molar-refractivity contribution in [2.24, 2.45) is 0 Å². The van der Waals surface area contributed by atoms with Crippen LogP contribution in [-0.2, 0) is 10.0 Å². The van der Waals surface area contributed by atoms with Crippen molar-refractivity contribution in [2.45, 2.75) is 11.8 Å². The van der Waals surface area contributed by atoms with Gasteiger partial charge in [0.15, 0.2) is 0 Å². The standard InChI is InChI=1S/C29H23N7O5S/c1-17-32-26(34-41-17)19-7-6-10-22(13-19)42(38,39)35-25-15-20(16-31-27(25)40-2)18-11-12-24-23(14-18)28(37)36(29(30)33-24)21-8-4-3-5-9-21/h3-16,35H,1-2H3,(H2,30,33). The molecule has 6 aromatic rings. The maximum atomic E-state index is 13.5. The molecule has 0 atom stereocenters. The molecule has 0 unspecified atom stereocenters. The number of methoxy groups -OCH3 is 1. The number of sulfonamides is 1. The van der Waals surface area contributed by atoms with Crippen LogP contribution in [0.25, 0.3) is 39.1 Å². The van der Waals surface area contributed by atoms with Crippen LogP contribution in [0.5, 0.6) is 5.88 Å². The first-order chi connectivity index (χ1) is 20.2. The van der Waals surface area contributed by atoms with E-state index in [1.807, 2.05) is 6.07 Å². The zero-order valence-corrected chi connectivity index (χ0v) is 23.2. The number of benzene rings is 3. The van der Waals surface area contributed by atoms with E-state index in [-0.39, 0.29) is 33.8 Å². The zero-order valence-electron chi connectivity index (χ0n) is 22.3. The number of rotatable bonds is 7. The normalized spacial score (nSPS) is 11.5. The molecule has 3 N–H and O–H groups in total. The number of anilines is 2. The molecule has 3 heterocycles. The molecule has 6 rings (SSSR count). The van der Waals surface area contributed by atoms with Crippen LogP contribution in [0.1, 0.15) is 5.89 Å². The average molecular weight is 582 g/mol. The van der Waals surface area contributed by atoms with Gasteiger partial charge in [-0.25, -0.2) is 23.0 Å². The molecule has 210 valence electrons. The van der Waals surface area contributed by atoms with Crippen molar-refractivity contribution in [2.75, 3.05) is 17.6 Å². The number of para-hydroxylation sites is 1. The summed E-state index contributed by atoms with van der Waals surface area (Å²) in [4.78, 5) is 26.3. The minimum Gasteiger partial charge on any atom is -0.480 e. The van der Waals surface area contributed by atoms with E-state index in [1.54, 1.807) is 67.6 Å². The molecular weight excluding hydrogens is 558 g/mol. The maximum absolute atomic E-state index is 13.5. The molecule has 0 bridgehead atoms. The second-order valence-electron chi connectivity index (χ2n) is 9.23.